The van der Waals surface area contributed by atoms with Gasteiger partial charge in [0.2, 0.25) is 5.91 Å². The van der Waals surface area contributed by atoms with Gasteiger partial charge in [-0.1, -0.05) is 0 Å². The van der Waals surface area contributed by atoms with Crippen molar-refractivity contribution in [3.8, 4) is 11.5 Å². The van der Waals surface area contributed by atoms with Gasteiger partial charge in [-0.2, -0.15) is 0 Å². The number of methoxy groups -OCH3 is 2. The summed E-state index contributed by atoms with van der Waals surface area (Å²) in [5.41, 5.74) is -0.257. The Morgan fingerprint density at radius 1 is 1.22 bits per heavy atom. The number of carbonyl (C=O) groups is 1. The minimum absolute atomic E-state index is 0.0484. The molecule has 146 valence electrons. The van der Waals surface area contributed by atoms with Gasteiger partial charge in [0.15, 0.2) is 11.5 Å². The van der Waals surface area contributed by atoms with Gasteiger partial charge >= 0.3 is 0 Å². The molecule has 0 bridgehead atoms. The first-order valence-electron chi connectivity index (χ1n) is 8.72. The molecule has 1 aromatic heterocycles. The van der Waals surface area contributed by atoms with Gasteiger partial charge in [-0.05, 0) is 18.2 Å². The molecule has 2 aromatic rings. The Morgan fingerprint density at radius 2 is 2.04 bits per heavy atom. The van der Waals surface area contributed by atoms with Crippen molar-refractivity contribution in [1.82, 2.24) is 9.47 Å². The highest BCUT2D eigenvalue weighted by Crippen LogP contribution is 2.33. The maximum Gasteiger partial charge on any atom is 0.259 e. The van der Waals surface area contributed by atoms with E-state index in [1.54, 1.807) is 43.5 Å². The number of rotatable bonds is 6. The summed E-state index contributed by atoms with van der Waals surface area (Å²) >= 11 is 0. The molecule has 1 aliphatic rings. The Balaban J connectivity index is 1.79. The number of amides is 1. The van der Waals surface area contributed by atoms with Gasteiger partial charge in [0, 0.05) is 25.2 Å². The summed E-state index contributed by atoms with van der Waals surface area (Å²) in [6.07, 6.45) is 1.45. The van der Waals surface area contributed by atoms with Gasteiger partial charge < -0.3 is 28.4 Å². The molecule has 8 heteroatoms. The van der Waals surface area contributed by atoms with E-state index in [0.29, 0.717) is 48.6 Å². The summed E-state index contributed by atoms with van der Waals surface area (Å²) in [6.45, 7) is 1.95. The molecule has 1 fully saturated rings. The van der Waals surface area contributed by atoms with Crippen molar-refractivity contribution in [2.24, 2.45) is 0 Å². The molecule has 1 aliphatic heterocycles. The quantitative estimate of drug-likeness (QED) is 0.745. The van der Waals surface area contributed by atoms with Crippen molar-refractivity contribution in [2.45, 2.75) is 12.6 Å². The third-order valence-corrected chi connectivity index (χ3v) is 4.59. The molecule has 0 spiro atoms. The first-order valence-corrected chi connectivity index (χ1v) is 8.72. The molecular weight excluding hydrogens is 352 g/mol. The van der Waals surface area contributed by atoms with Crippen molar-refractivity contribution < 1.29 is 23.7 Å². The zero-order valence-corrected chi connectivity index (χ0v) is 15.8. The van der Waals surface area contributed by atoms with Crippen molar-refractivity contribution in [2.75, 3.05) is 47.6 Å². The Bertz CT molecular complexity index is 872. The van der Waals surface area contributed by atoms with E-state index in [1.165, 1.54) is 11.7 Å². The smallest absolute Gasteiger partial charge is 0.259 e. The van der Waals surface area contributed by atoms with Gasteiger partial charge in [-0.25, -0.2) is 0 Å². The number of likely N-dealkylation sites (N-methyl/N-ethyl adjacent to an activating group) is 1. The highest BCUT2D eigenvalue weighted by molar-refractivity contribution is 5.90. The summed E-state index contributed by atoms with van der Waals surface area (Å²) in [7, 11) is 4.76. The predicted octanol–water partition coefficient (Wildman–Crippen LogP) is 0.893. The number of aromatic nitrogens is 1. The van der Waals surface area contributed by atoms with Crippen LogP contribution in [0.4, 0.5) is 0 Å². The van der Waals surface area contributed by atoms with E-state index in [4.69, 9.17) is 18.9 Å². The number of benzene rings is 1. The minimum Gasteiger partial charge on any atom is -0.493 e. The molecule has 2 heterocycles. The first-order chi connectivity index (χ1) is 13.0. The highest BCUT2D eigenvalue weighted by atomic mass is 16.6. The molecule has 0 saturated carbocycles. The zero-order chi connectivity index (χ0) is 19.4. The average molecular weight is 376 g/mol. The van der Waals surface area contributed by atoms with Gasteiger partial charge in [0.25, 0.3) is 5.56 Å². The SMILES string of the molecule is COc1ccc2c(=O)n(CC(=O)N(C)C[C@@H]3COCCO3)ccc2c1OC. The van der Waals surface area contributed by atoms with Crippen LogP contribution in [-0.4, -0.2) is 69.1 Å². The molecule has 0 aliphatic carbocycles. The Hall–Kier alpha value is -2.58. The molecule has 0 unspecified atom stereocenters. The highest BCUT2D eigenvalue weighted by Gasteiger charge is 2.20. The molecule has 1 amide bonds. The number of nitrogens with zero attached hydrogens (tertiary/aromatic N) is 2. The number of ether oxygens (including phenoxy) is 4. The molecule has 1 aromatic carbocycles. The third kappa shape index (κ3) is 4.06. The van der Waals surface area contributed by atoms with Crippen LogP contribution < -0.4 is 15.0 Å². The monoisotopic (exact) mass is 376 g/mol. The summed E-state index contributed by atoms with van der Waals surface area (Å²) in [4.78, 5) is 26.9. The molecule has 0 radical (unpaired) electrons. The Kier molecular flexibility index (Phi) is 5.98. The fourth-order valence-corrected chi connectivity index (χ4v) is 3.13. The maximum atomic E-state index is 12.8. The van der Waals surface area contributed by atoms with Gasteiger partial charge in [0.1, 0.15) is 6.54 Å². The van der Waals surface area contributed by atoms with Gasteiger partial charge in [-0.15, -0.1) is 0 Å². The minimum atomic E-state index is -0.257. The first kappa shape index (κ1) is 19.2. The molecule has 1 saturated heterocycles. The number of pyridine rings is 1. The topological polar surface area (TPSA) is 79.2 Å². The number of hydrogen-bond donors (Lipinski definition) is 0. The molecule has 27 heavy (non-hydrogen) atoms. The van der Waals surface area contributed by atoms with E-state index in [1.807, 2.05) is 0 Å². The molecule has 3 rings (SSSR count). The number of hydrogen-bond acceptors (Lipinski definition) is 6. The second-order valence-corrected chi connectivity index (χ2v) is 6.35. The third-order valence-electron chi connectivity index (χ3n) is 4.59. The van der Waals surface area contributed by atoms with Crippen molar-refractivity contribution in [3.63, 3.8) is 0 Å². The summed E-state index contributed by atoms with van der Waals surface area (Å²) in [5, 5.41) is 1.11. The van der Waals surface area contributed by atoms with E-state index in [2.05, 4.69) is 0 Å². The van der Waals surface area contributed by atoms with Crippen LogP contribution in [0.5, 0.6) is 11.5 Å². The Labute approximate surface area is 157 Å². The van der Waals surface area contributed by atoms with Crippen molar-refractivity contribution in [3.05, 3.63) is 34.7 Å². The van der Waals surface area contributed by atoms with Crippen LogP contribution in [-0.2, 0) is 20.8 Å². The van der Waals surface area contributed by atoms with Crippen LogP contribution in [0, 0.1) is 0 Å². The molecule has 1 atom stereocenters. The lowest BCUT2D eigenvalue weighted by Gasteiger charge is -2.27. The van der Waals surface area contributed by atoms with Crippen molar-refractivity contribution >= 4 is 16.7 Å². The lowest BCUT2D eigenvalue weighted by atomic mass is 10.1. The lowest BCUT2D eigenvalue weighted by molar-refractivity contribution is -0.136. The van der Waals surface area contributed by atoms with E-state index in [9.17, 15) is 9.59 Å². The fraction of sp³-hybridized carbons (Fsp3) is 0.474. The summed E-state index contributed by atoms with van der Waals surface area (Å²) in [5.74, 6) is 0.871. The second kappa shape index (κ2) is 8.41. The average Bonchev–Trinajstić information content (AvgIpc) is 2.69. The van der Waals surface area contributed by atoms with E-state index in [-0.39, 0.29) is 24.1 Å². The molecular formula is C19H24N2O6. The van der Waals surface area contributed by atoms with Crippen LogP contribution in [0.15, 0.2) is 29.2 Å². The van der Waals surface area contributed by atoms with Crippen LogP contribution in [0.2, 0.25) is 0 Å². The van der Waals surface area contributed by atoms with Crippen LogP contribution in [0.25, 0.3) is 10.8 Å². The Morgan fingerprint density at radius 3 is 2.70 bits per heavy atom. The summed E-state index contributed by atoms with van der Waals surface area (Å²) < 4.78 is 22.9. The summed E-state index contributed by atoms with van der Waals surface area (Å²) in [6, 6.07) is 5.11. The molecule has 0 N–H and O–H groups in total. The second-order valence-electron chi connectivity index (χ2n) is 6.35. The molecule has 8 nitrogen and oxygen atoms in total. The fourth-order valence-electron chi connectivity index (χ4n) is 3.13. The van der Waals surface area contributed by atoms with E-state index >= 15 is 0 Å². The van der Waals surface area contributed by atoms with Crippen LogP contribution in [0.1, 0.15) is 0 Å². The largest absolute Gasteiger partial charge is 0.493 e. The lowest BCUT2D eigenvalue weighted by Crippen LogP contribution is -2.42. The predicted molar refractivity (Wildman–Crippen MR) is 99.5 cm³/mol. The van der Waals surface area contributed by atoms with E-state index < -0.39 is 0 Å². The van der Waals surface area contributed by atoms with Gasteiger partial charge in [-0.3, -0.25) is 9.59 Å². The van der Waals surface area contributed by atoms with E-state index in [0.717, 1.165) is 0 Å². The standard InChI is InChI=1S/C19H24N2O6/c1-20(10-13-12-26-8-9-27-13)17(22)11-21-7-6-14-15(19(21)23)4-5-16(24-2)18(14)25-3/h4-7,13H,8-12H2,1-3H3/t13-/m1/s1. The van der Waals surface area contributed by atoms with Crippen LogP contribution in [0.3, 0.4) is 0 Å². The maximum absolute atomic E-state index is 12.8. The van der Waals surface area contributed by atoms with Gasteiger partial charge in [0.05, 0.1) is 45.5 Å². The van der Waals surface area contributed by atoms with Crippen LogP contribution >= 0.6 is 0 Å². The normalized spacial score (nSPS) is 16.9. The zero-order valence-electron chi connectivity index (χ0n) is 15.8. The number of carbonyl (C=O) groups excluding carboxylic acids is 1. The number of fused-ring (bicyclic) bond motifs is 1. The van der Waals surface area contributed by atoms with Crippen molar-refractivity contribution in [1.29, 1.82) is 0 Å².